The number of carbonyl (C=O) groups excluding carboxylic acids is 2. The van der Waals surface area contributed by atoms with E-state index in [4.69, 9.17) is 33.2 Å². The van der Waals surface area contributed by atoms with Crippen LogP contribution in [-0.2, 0) is 19.1 Å². The second-order valence-corrected chi connectivity index (χ2v) is 10.1. The first-order valence-corrected chi connectivity index (χ1v) is 13.2. The predicted molar refractivity (Wildman–Crippen MR) is 146 cm³/mol. The van der Waals surface area contributed by atoms with Gasteiger partial charge in [0.2, 0.25) is 18.3 Å². The third-order valence-corrected chi connectivity index (χ3v) is 7.80. The highest BCUT2D eigenvalue weighted by molar-refractivity contribution is 5.91. The summed E-state index contributed by atoms with van der Waals surface area (Å²) >= 11 is 0. The third-order valence-electron chi connectivity index (χ3n) is 7.80. The summed E-state index contributed by atoms with van der Waals surface area (Å²) in [6.45, 7) is 7.96. The molecule has 0 amide bonds. The van der Waals surface area contributed by atoms with Gasteiger partial charge < -0.3 is 43.4 Å². The van der Waals surface area contributed by atoms with Crippen molar-refractivity contribution < 1.29 is 53.0 Å². The van der Waals surface area contributed by atoms with Crippen LogP contribution in [0.5, 0.6) is 34.5 Å². The summed E-state index contributed by atoms with van der Waals surface area (Å²) in [6, 6.07) is 3.17. The molecule has 2 aliphatic rings. The van der Waals surface area contributed by atoms with Gasteiger partial charge in [-0.25, -0.2) is 4.79 Å². The largest absolute Gasteiger partial charge is 0.504 e. The van der Waals surface area contributed by atoms with Crippen LogP contribution in [-0.4, -0.2) is 55.9 Å². The average molecular weight is 573 g/mol. The van der Waals surface area contributed by atoms with Gasteiger partial charge in [0.1, 0.15) is 11.7 Å². The highest BCUT2D eigenvalue weighted by Crippen LogP contribution is 2.61. The van der Waals surface area contributed by atoms with E-state index in [9.17, 15) is 19.8 Å². The third kappa shape index (κ3) is 4.88. The lowest BCUT2D eigenvalue weighted by Gasteiger charge is -2.43. The smallest absolute Gasteiger partial charge is 0.334 e. The van der Waals surface area contributed by atoms with E-state index in [0.717, 1.165) is 0 Å². The molecule has 4 rings (SSSR count). The van der Waals surface area contributed by atoms with Crippen molar-refractivity contribution in [2.75, 3.05) is 28.1 Å². The second kappa shape index (κ2) is 11.4. The molecule has 11 nitrogen and oxygen atoms in total. The van der Waals surface area contributed by atoms with E-state index in [1.807, 2.05) is 0 Å². The molecule has 0 fully saturated rings. The van der Waals surface area contributed by atoms with Gasteiger partial charge >= 0.3 is 11.9 Å². The predicted octanol–water partition coefficient (Wildman–Crippen LogP) is 4.76. The Morgan fingerprint density at radius 1 is 1.05 bits per heavy atom. The molecule has 1 aliphatic carbocycles. The average Bonchev–Trinajstić information content (AvgIpc) is 3.45. The summed E-state index contributed by atoms with van der Waals surface area (Å²) in [5, 5.41) is 23.9. The molecular formula is C30H36O11. The molecule has 2 N–H and O–H groups in total. The summed E-state index contributed by atoms with van der Waals surface area (Å²) in [6.07, 6.45) is -0.832. The van der Waals surface area contributed by atoms with Crippen molar-refractivity contribution in [1.82, 2.24) is 0 Å². The van der Waals surface area contributed by atoms with Crippen LogP contribution in [0, 0.1) is 5.92 Å². The molecule has 11 heteroatoms. The van der Waals surface area contributed by atoms with Crippen LogP contribution in [0.1, 0.15) is 64.4 Å². The van der Waals surface area contributed by atoms with Crippen molar-refractivity contribution in [2.24, 2.45) is 5.92 Å². The minimum atomic E-state index is -1.84. The van der Waals surface area contributed by atoms with E-state index >= 15 is 0 Å². The van der Waals surface area contributed by atoms with Crippen LogP contribution in [0.15, 0.2) is 23.8 Å². The Balaban J connectivity index is 2.21. The lowest BCUT2D eigenvalue weighted by atomic mass is 9.71. The van der Waals surface area contributed by atoms with Crippen molar-refractivity contribution in [1.29, 1.82) is 0 Å². The van der Waals surface area contributed by atoms with Gasteiger partial charge in [0.15, 0.2) is 29.1 Å². The number of phenols is 1. The molecule has 0 saturated carbocycles. The molecule has 0 saturated heterocycles. The fourth-order valence-electron chi connectivity index (χ4n) is 5.19. The van der Waals surface area contributed by atoms with Crippen LogP contribution >= 0.6 is 0 Å². The van der Waals surface area contributed by atoms with Gasteiger partial charge in [0, 0.05) is 40.2 Å². The summed E-state index contributed by atoms with van der Waals surface area (Å²) in [7, 11) is 4.26. The Labute approximate surface area is 238 Å². The molecule has 2 aromatic carbocycles. The molecule has 0 aromatic heterocycles. The van der Waals surface area contributed by atoms with E-state index in [1.54, 1.807) is 45.9 Å². The van der Waals surface area contributed by atoms with Crippen molar-refractivity contribution in [3.8, 4) is 45.6 Å². The Bertz CT molecular complexity index is 1390. The fraction of sp³-hybridized carbons (Fsp3) is 0.467. The van der Waals surface area contributed by atoms with Gasteiger partial charge in [0.05, 0.1) is 21.3 Å². The topological polar surface area (TPSA) is 139 Å². The van der Waals surface area contributed by atoms with Crippen molar-refractivity contribution >= 4 is 11.9 Å². The summed E-state index contributed by atoms with van der Waals surface area (Å²) in [4.78, 5) is 25.9. The van der Waals surface area contributed by atoms with Crippen molar-refractivity contribution in [3.05, 3.63) is 34.9 Å². The number of methoxy groups -OCH3 is 3. The summed E-state index contributed by atoms with van der Waals surface area (Å²) < 4.78 is 40.2. The Kier molecular flexibility index (Phi) is 8.30. The van der Waals surface area contributed by atoms with Crippen LogP contribution in [0.25, 0.3) is 11.1 Å². The number of hydrogen-bond donors (Lipinski definition) is 2. The van der Waals surface area contributed by atoms with Gasteiger partial charge in [-0.3, -0.25) is 4.79 Å². The number of benzene rings is 2. The number of fused-ring (bicyclic) bond motifs is 4. The highest BCUT2D eigenvalue weighted by Gasteiger charge is 2.51. The van der Waals surface area contributed by atoms with Crippen LogP contribution < -0.4 is 23.7 Å². The molecule has 41 heavy (non-hydrogen) atoms. The second-order valence-electron chi connectivity index (χ2n) is 10.1. The van der Waals surface area contributed by atoms with Gasteiger partial charge in [-0.05, 0) is 32.9 Å². The van der Waals surface area contributed by atoms with Crippen LogP contribution in [0.2, 0.25) is 0 Å². The molecule has 0 spiro atoms. The Morgan fingerprint density at radius 2 is 1.73 bits per heavy atom. The van der Waals surface area contributed by atoms with Gasteiger partial charge in [-0.1, -0.05) is 19.9 Å². The van der Waals surface area contributed by atoms with Crippen molar-refractivity contribution in [3.63, 3.8) is 0 Å². The number of ether oxygens (including phenoxy) is 7. The summed E-state index contributed by atoms with van der Waals surface area (Å²) in [5.41, 5.74) is -0.568. The zero-order valence-electron chi connectivity index (χ0n) is 24.4. The monoisotopic (exact) mass is 572 g/mol. The lowest BCUT2D eigenvalue weighted by Crippen LogP contribution is -2.46. The molecule has 2 aromatic rings. The van der Waals surface area contributed by atoms with Gasteiger partial charge in [-0.2, -0.15) is 0 Å². The standard InChI is InChI=1S/C30H36O11/c1-9-14(3)29(33)41-28-17-12-18(35-6)26(36-7)27(37-8)22(17)21-16(11-19-25(23(21)32)39-13-38-19)24(40-20(31)10-2)15(4)30(28,5)34/h9,11-12,15,24,28,32,34H,10,13H2,1-8H3/t15-,24+,28-,30-/m0/s1. The number of aromatic hydroxyl groups is 1. The van der Waals surface area contributed by atoms with E-state index in [2.05, 4.69) is 0 Å². The van der Waals surface area contributed by atoms with E-state index < -0.39 is 35.7 Å². The number of rotatable bonds is 7. The maximum atomic E-state index is 13.2. The number of esters is 2. The first-order valence-electron chi connectivity index (χ1n) is 13.2. The SMILES string of the molecule is CC=C(C)C(=O)O[C@H]1c2cc(OC)c(OC)c(OC)c2-c2c(cc3c(c2O)OCO3)[C@H](OC(=O)CC)[C@H](C)[C@]1(C)O. The molecule has 0 radical (unpaired) electrons. The number of phenolic OH excluding ortho intramolecular Hbond substituents is 1. The van der Waals surface area contributed by atoms with Gasteiger partial charge in [-0.15, -0.1) is 0 Å². The van der Waals surface area contributed by atoms with Crippen LogP contribution in [0.4, 0.5) is 0 Å². The zero-order chi connectivity index (χ0) is 30.2. The first-order chi connectivity index (χ1) is 19.5. The molecule has 1 heterocycles. The molecule has 0 unspecified atom stereocenters. The molecule has 0 bridgehead atoms. The normalized spacial score (nSPS) is 23.0. The maximum absolute atomic E-state index is 13.2. The molecule has 4 atom stereocenters. The molecular weight excluding hydrogens is 536 g/mol. The lowest BCUT2D eigenvalue weighted by molar-refractivity contribution is -0.183. The molecule has 1 aliphatic heterocycles. The number of hydrogen-bond acceptors (Lipinski definition) is 11. The quantitative estimate of drug-likeness (QED) is 0.351. The fourth-order valence-corrected chi connectivity index (χ4v) is 5.19. The van der Waals surface area contributed by atoms with E-state index in [1.165, 1.54) is 28.3 Å². The number of carbonyl (C=O) groups is 2. The van der Waals surface area contributed by atoms with Crippen molar-refractivity contribution in [2.45, 2.75) is 58.8 Å². The highest BCUT2D eigenvalue weighted by atomic mass is 16.7. The molecule has 222 valence electrons. The minimum Gasteiger partial charge on any atom is -0.504 e. The first kappa shape index (κ1) is 29.9. The van der Waals surface area contributed by atoms with Gasteiger partial charge in [0.25, 0.3) is 0 Å². The Morgan fingerprint density at radius 3 is 2.32 bits per heavy atom. The van der Waals surface area contributed by atoms with E-state index in [-0.39, 0.29) is 64.4 Å². The number of aliphatic hydroxyl groups is 1. The minimum absolute atomic E-state index is 0.0566. The maximum Gasteiger partial charge on any atom is 0.334 e. The van der Waals surface area contributed by atoms with Crippen LogP contribution in [0.3, 0.4) is 0 Å². The Hall–Kier alpha value is -4.12. The zero-order valence-corrected chi connectivity index (χ0v) is 24.4. The van der Waals surface area contributed by atoms with E-state index in [0.29, 0.717) is 11.1 Å². The number of allylic oxidation sites excluding steroid dienone is 1. The summed E-state index contributed by atoms with van der Waals surface area (Å²) in [5.74, 6) is -1.58.